The van der Waals surface area contributed by atoms with Gasteiger partial charge in [0.05, 0.1) is 17.1 Å². The molecule has 0 aromatic heterocycles. The molecule has 3 atom stereocenters. The van der Waals surface area contributed by atoms with Crippen LogP contribution in [-0.4, -0.2) is 66.2 Å². The zero-order chi connectivity index (χ0) is 36.0. The molecule has 3 aromatic carbocycles. The van der Waals surface area contributed by atoms with Gasteiger partial charge in [-0.25, -0.2) is 22.0 Å². The van der Waals surface area contributed by atoms with E-state index in [1.165, 1.54) is 4.90 Å². The molecule has 2 amide bonds. The van der Waals surface area contributed by atoms with Crippen molar-refractivity contribution in [2.75, 3.05) is 12.3 Å². The second-order valence-corrected chi connectivity index (χ2v) is 14.7. The molecule has 12 heteroatoms. The lowest BCUT2D eigenvalue weighted by Crippen LogP contribution is -2.55. The van der Waals surface area contributed by atoms with E-state index in [0.29, 0.717) is 36.8 Å². The van der Waals surface area contributed by atoms with Crippen molar-refractivity contribution in [2.24, 2.45) is 5.73 Å². The van der Waals surface area contributed by atoms with Crippen LogP contribution in [0.3, 0.4) is 0 Å². The van der Waals surface area contributed by atoms with Gasteiger partial charge in [-0.3, -0.25) is 4.79 Å². The van der Waals surface area contributed by atoms with Gasteiger partial charge >= 0.3 is 6.09 Å². The number of aliphatic hydroxyl groups is 1. The number of halogens is 2. The maximum Gasteiger partial charge on any atom is 0.408 e. The summed E-state index contributed by atoms with van der Waals surface area (Å²) < 4.78 is 60.5. The first-order valence-electron chi connectivity index (χ1n) is 16.8. The number of nitrogens with two attached hydrogens (primary N) is 1. The SMILES string of the molecule is CCCC(CCC)S(=O)(=O)C[C@@H](NC(=O)OCc1ccccc1)C(=O)N(Cc1cccc(CC)c1)C[C@@H](O)[C@@H](N)Cc1cc(F)cc(F)c1. The molecule has 0 spiro atoms. The number of sulfone groups is 1. The normalized spacial score (nSPS) is 13.5. The highest BCUT2D eigenvalue weighted by Crippen LogP contribution is 2.19. The van der Waals surface area contributed by atoms with Gasteiger partial charge in [-0.05, 0) is 60.1 Å². The Bertz CT molecular complexity index is 1580. The number of rotatable bonds is 19. The molecule has 4 N–H and O–H groups in total. The third-order valence-electron chi connectivity index (χ3n) is 8.31. The third-order valence-corrected chi connectivity index (χ3v) is 10.6. The van der Waals surface area contributed by atoms with Crippen molar-refractivity contribution in [3.05, 3.63) is 107 Å². The molecule has 49 heavy (non-hydrogen) atoms. The van der Waals surface area contributed by atoms with E-state index in [0.717, 1.165) is 30.2 Å². The molecule has 0 aliphatic heterocycles. The molecule has 0 unspecified atom stereocenters. The molecule has 3 rings (SSSR count). The van der Waals surface area contributed by atoms with Gasteiger partial charge in [-0.1, -0.05) is 88.2 Å². The second kappa shape index (κ2) is 19.4. The highest BCUT2D eigenvalue weighted by atomic mass is 32.2. The number of benzene rings is 3. The summed E-state index contributed by atoms with van der Waals surface area (Å²) in [5.74, 6) is -3.00. The van der Waals surface area contributed by atoms with Gasteiger partial charge in [-0.15, -0.1) is 0 Å². The minimum Gasteiger partial charge on any atom is -0.445 e. The van der Waals surface area contributed by atoms with Crippen LogP contribution in [0.4, 0.5) is 13.6 Å². The molecule has 9 nitrogen and oxygen atoms in total. The van der Waals surface area contributed by atoms with Crippen LogP contribution in [0.5, 0.6) is 0 Å². The van der Waals surface area contributed by atoms with E-state index in [4.69, 9.17) is 10.5 Å². The van der Waals surface area contributed by atoms with E-state index in [1.807, 2.05) is 45.0 Å². The first-order chi connectivity index (χ1) is 23.3. The van der Waals surface area contributed by atoms with Gasteiger partial charge < -0.3 is 25.8 Å². The summed E-state index contributed by atoms with van der Waals surface area (Å²) in [6.45, 7) is 5.27. The number of aliphatic hydroxyl groups excluding tert-OH is 1. The number of nitrogens with zero attached hydrogens (tertiary/aromatic N) is 1. The summed E-state index contributed by atoms with van der Waals surface area (Å²) in [4.78, 5) is 28.7. The smallest absolute Gasteiger partial charge is 0.408 e. The number of carbonyl (C=O) groups is 2. The molecule has 0 aliphatic rings. The van der Waals surface area contributed by atoms with Gasteiger partial charge in [0.1, 0.15) is 24.3 Å². The number of nitrogens with one attached hydrogen (secondary N) is 1. The van der Waals surface area contributed by atoms with E-state index < -0.39 is 62.7 Å². The number of amides is 2. The molecular weight excluding hydrogens is 652 g/mol. The fraction of sp³-hybridized carbons (Fsp3) is 0.459. The molecule has 0 bridgehead atoms. The third kappa shape index (κ3) is 12.8. The molecule has 0 radical (unpaired) electrons. The summed E-state index contributed by atoms with van der Waals surface area (Å²) in [7, 11) is -3.89. The zero-order valence-electron chi connectivity index (χ0n) is 28.5. The van der Waals surface area contributed by atoms with Crippen molar-refractivity contribution in [3.63, 3.8) is 0 Å². The standard InChI is InChI=1S/C37H49F2N3O6S/c1-4-11-32(12-5-2)49(46,47)25-34(41-37(45)48-24-27-13-8-7-9-14-27)36(44)42(22-28-16-10-15-26(6-3)17-28)23-35(43)33(40)20-29-18-30(38)21-31(39)19-29/h7-10,13-19,21,32-35,43H,4-6,11-12,20,22-25,40H2,1-3H3,(H,41,45)/t33-,34+,35+/m0/s1. The van der Waals surface area contributed by atoms with Crippen LogP contribution in [0.1, 0.15) is 68.7 Å². The average molecular weight is 702 g/mol. The predicted octanol–water partition coefficient (Wildman–Crippen LogP) is 5.47. The highest BCUT2D eigenvalue weighted by Gasteiger charge is 2.36. The van der Waals surface area contributed by atoms with Crippen LogP contribution in [0.15, 0.2) is 72.8 Å². The van der Waals surface area contributed by atoms with Gasteiger partial charge in [0.25, 0.3) is 0 Å². The van der Waals surface area contributed by atoms with E-state index in [9.17, 15) is 31.9 Å². The Morgan fingerprint density at radius 1 is 0.878 bits per heavy atom. The highest BCUT2D eigenvalue weighted by molar-refractivity contribution is 7.92. The lowest BCUT2D eigenvalue weighted by molar-refractivity contribution is -0.135. The number of alkyl carbamates (subject to hydrolysis) is 1. The number of ether oxygens (including phenoxy) is 1. The maximum atomic E-state index is 14.4. The zero-order valence-corrected chi connectivity index (χ0v) is 29.3. The Morgan fingerprint density at radius 2 is 1.49 bits per heavy atom. The Morgan fingerprint density at radius 3 is 2.10 bits per heavy atom. The lowest BCUT2D eigenvalue weighted by Gasteiger charge is -2.32. The molecule has 3 aromatic rings. The first kappa shape index (κ1) is 39.6. The Kier molecular flexibility index (Phi) is 15.6. The minimum atomic E-state index is -3.89. The summed E-state index contributed by atoms with van der Waals surface area (Å²) in [6.07, 6.45) is 0.321. The molecule has 0 saturated heterocycles. The van der Waals surface area contributed by atoms with Crippen LogP contribution >= 0.6 is 0 Å². The Labute approximate surface area is 288 Å². The number of aryl methyl sites for hydroxylation is 1. The monoisotopic (exact) mass is 701 g/mol. The molecular formula is C37H49F2N3O6S. The van der Waals surface area contributed by atoms with Crippen molar-refractivity contribution < 1.29 is 36.6 Å². The quantitative estimate of drug-likeness (QED) is 0.151. The molecule has 0 heterocycles. The summed E-state index contributed by atoms with van der Waals surface area (Å²) in [5.41, 5.74) is 8.91. The lowest BCUT2D eigenvalue weighted by atomic mass is 10.0. The van der Waals surface area contributed by atoms with E-state index >= 15 is 0 Å². The van der Waals surface area contributed by atoms with Gasteiger partial charge in [-0.2, -0.15) is 0 Å². The number of hydrogen-bond donors (Lipinski definition) is 3. The molecule has 0 saturated carbocycles. The van der Waals surface area contributed by atoms with E-state index in [1.54, 1.807) is 30.3 Å². The Balaban J connectivity index is 1.94. The van der Waals surface area contributed by atoms with Gasteiger partial charge in [0.15, 0.2) is 9.84 Å². The van der Waals surface area contributed by atoms with Crippen LogP contribution in [0.25, 0.3) is 0 Å². The number of hydrogen-bond acceptors (Lipinski definition) is 7. The van der Waals surface area contributed by atoms with Crippen molar-refractivity contribution >= 4 is 21.8 Å². The first-order valence-corrected chi connectivity index (χ1v) is 18.5. The van der Waals surface area contributed by atoms with Crippen LogP contribution in [0.2, 0.25) is 0 Å². The summed E-state index contributed by atoms with van der Waals surface area (Å²) in [5, 5.41) is 13.0. The largest absolute Gasteiger partial charge is 0.445 e. The van der Waals surface area contributed by atoms with Crippen LogP contribution < -0.4 is 11.1 Å². The molecule has 0 aliphatic carbocycles. The van der Waals surface area contributed by atoms with Crippen molar-refractivity contribution in [1.29, 1.82) is 0 Å². The average Bonchev–Trinajstić information content (AvgIpc) is 3.06. The van der Waals surface area contributed by atoms with Crippen LogP contribution in [0, 0.1) is 11.6 Å². The summed E-state index contributed by atoms with van der Waals surface area (Å²) in [6, 6.07) is 16.7. The van der Waals surface area contributed by atoms with Crippen molar-refractivity contribution in [1.82, 2.24) is 10.2 Å². The molecule has 268 valence electrons. The fourth-order valence-electron chi connectivity index (χ4n) is 5.72. The van der Waals surface area contributed by atoms with E-state index in [2.05, 4.69) is 5.32 Å². The van der Waals surface area contributed by atoms with Crippen molar-refractivity contribution in [3.8, 4) is 0 Å². The van der Waals surface area contributed by atoms with E-state index in [-0.39, 0.29) is 31.7 Å². The second-order valence-electron chi connectivity index (χ2n) is 12.4. The Hall–Kier alpha value is -3.87. The number of carbonyl (C=O) groups excluding carboxylic acids is 2. The predicted molar refractivity (Wildman–Crippen MR) is 186 cm³/mol. The topological polar surface area (TPSA) is 139 Å². The molecule has 0 fully saturated rings. The fourth-order valence-corrected chi connectivity index (χ4v) is 7.87. The maximum absolute atomic E-state index is 14.4. The van der Waals surface area contributed by atoms with Crippen LogP contribution in [-0.2, 0) is 45.4 Å². The van der Waals surface area contributed by atoms with Crippen molar-refractivity contribution in [2.45, 2.75) is 95.9 Å². The van der Waals surface area contributed by atoms with Gasteiger partial charge in [0, 0.05) is 25.2 Å². The minimum absolute atomic E-state index is 0.0321. The summed E-state index contributed by atoms with van der Waals surface area (Å²) >= 11 is 0. The van der Waals surface area contributed by atoms with Gasteiger partial charge in [0.2, 0.25) is 5.91 Å².